The van der Waals surface area contributed by atoms with Crippen LogP contribution in [0.3, 0.4) is 0 Å². The first-order valence-corrected chi connectivity index (χ1v) is 5.81. The minimum atomic E-state index is -1.23. The zero-order chi connectivity index (χ0) is 14.0. The van der Waals surface area contributed by atoms with E-state index in [-0.39, 0.29) is 11.6 Å². The van der Waals surface area contributed by atoms with Gasteiger partial charge < -0.3 is 9.67 Å². The summed E-state index contributed by atoms with van der Waals surface area (Å²) in [7, 11) is 0. The maximum absolute atomic E-state index is 11.4. The summed E-state index contributed by atoms with van der Waals surface area (Å²) in [5.41, 5.74) is -0.757. The lowest BCUT2D eigenvalue weighted by Crippen LogP contribution is -2.18. The molecule has 2 heterocycles. The molecule has 0 aliphatic rings. The van der Waals surface area contributed by atoms with Crippen molar-refractivity contribution in [1.29, 1.82) is 0 Å². The molecule has 1 N–H and O–H groups in total. The SMILES string of the molecule is CC(C)n1ncnc1Cn1ccc(=O)c(C(=O)O)c1. The number of nitrogens with zero attached hydrogens (tertiary/aromatic N) is 4. The molecule has 0 amide bonds. The van der Waals surface area contributed by atoms with E-state index in [0.29, 0.717) is 12.4 Å². The van der Waals surface area contributed by atoms with E-state index in [4.69, 9.17) is 5.11 Å². The Morgan fingerprint density at radius 1 is 1.47 bits per heavy atom. The van der Waals surface area contributed by atoms with Crippen LogP contribution in [-0.2, 0) is 6.54 Å². The van der Waals surface area contributed by atoms with Crippen LogP contribution in [0.4, 0.5) is 0 Å². The highest BCUT2D eigenvalue weighted by molar-refractivity contribution is 5.86. The first kappa shape index (κ1) is 13.0. The minimum absolute atomic E-state index is 0.163. The molecule has 0 aliphatic carbocycles. The Hall–Kier alpha value is -2.44. The van der Waals surface area contributed by atoms with Gasteiger partial charge in [0.25, 0.3) is 0 Å². The van der Waals surface area contributed by atoms with Gasteiger partial charge in [0.1, 0.15) is 17.7 Å². The van der Waals surface area contributed by atoms with E-state index in [1.54, 1.807) is 9.25 Å². The fourth-order valence-corrected chi connectivity index (χ4v) is 1.77. The smallest absolute Gasteiger partial charge is 0.341 e. The molecule has 100 valence electrons. The summed E-state index contributed by atoms with van der Waals surface area (Å²) in [5.74, 6) is -0.528. The molecule has 0 fully saturated rings. The van der Waals surface area contributed by atoms with Crippen molar-refractivity contribution in [3.05, 3.63) is 46.4 Å². The van der Waals surface area contributed by atoms with E-state index in [1.165, 1.54) is 24.8 Å². The third-order valence-corrected chi connectivity index (χ3v) is 2.67. The molecule has 2 aromatic rings. The lowest BCUT2D eigenvalue weighted by Gasteiger charge is -2.11. The molecule has 2 aromatic heterocycles. The normalized spacial score (nSPS) is 10.9. The monoisotopic (exact) mass is 262 g/mol. The summed E-state index contributed by atoms with van der Waals surface area (Å²) in [6.07, 6.45) is 4.30. The maximum atomic E-state index is 11.4. The molecule has 7 nitrogen and oxygen atoms in total. The number of hydrogen-bond donors (Lipinski definition) is 1. The summed E-state index contributed by atoms with van der Waals surface area (Å²) < 4.78 is 3.35. The van der Waals surface area contributed by atoms with Crippen LogP contribution in [0.2, 0.25) is 0 Å². The van der Waals surface area contributed by atoms with E-state index in [0.717, 1.165) is 0 Å². The van der Waals surface area contributed by atoms with Crippen molar-refractivity contribution < 1.29 is 9.90 Å². The Bertz CT molecular complexity index is 657. The molecule has 0 aromatic carbocycles. The van der Waals surface area contributed by atoms with Crippen LogP contribution >= 0.6 is 0 Å². The molecule has 0 unspecified atom stereocenters. The Morgan fingerprint density at radius 3 is 2.84 bits per heavy atom. The van der Waals surface area contributed by atoms with E-state index in [2.05, 4.69) is 10.1 Å². The summed E-state index contributed by atoms with van der Waals surface area (Å²) in [4.78, 5) is 26.4. The van der Waals surface area contributed by atoms with Gasteiger partial charge in [0.05, 0.1) is 6.54 Å². The van der Waals surface area contributed by atoms with Crippen molar-refractivity contribution in [2.75, 3.05) is 0 Å². The molecule has 0 radical (unpaired) electrons. The average Bonchev–Trinajstić information content (AvgIpc) is 2.79. The third kappa shape index (κ3) is 2.70. The van der Waals surface area contributed by atoms with Gasteiger partial charge in [-0.2, -0.15) is 5.10 Å². The van der Waals surface area contributed by atoms with Gasteiger partial charge >= 0.3 is 5.97 Å². The maximum Gasteiger partial charge on any atom is 0.341 e. The second-order valence-electron chi connectivity index (χ2n) is 4.41. The van der Waals surface area contributed by atoms with Gasteiger partial charge in [-0.1, -0.05) is 0 Å². The minimum Gasteiger partial charge on any atom is -0.477 e. The molecule has 0 bridgehead atoms. The molecule has 0 saturated carbocycles. The molecular formula is C12H14N4O3. The first-order valence-electron chi connectivity index (χ1n) is 5.81. The predicted molar refractivity (Wildman–Crippen MR) is 67.2 cm³/mol. The predicted octanol–water partition coefficient (Wildman–Crippen LogP) is 0.767. The molecule has 2 rings (SSSR count). The van der Waals surface area contributed by atoms with Crippen LogP contribution in [0.25, 0.3) is 0 Å². The van der Waals surface area contributed by atoms with Crippen molar-refractivity contribution in [1.82, 2.24) is 19.3 Å². The van der Waals surface area contributed by atoms with Crippen LogP contribution in [0.1, 0.15) is 36.1 Å². The summed E-state index contributed by atoms with van der Waals surface area (Å²) in [5, 5.41) is 13.0. The Kier molecular flexibility index (Phi) is 3.46. The van der Waals surface area contributed by atoms with Gasteiger partial charge in [-0.3, -0.25) is 4.79 Å². The number of hydrogen-bond acceptors (Lipinski definition) is 4. The van der Waals surface area contributed by atoms with Gasteiger partial charge in [0.15, 0.2) is 5.43 Å². The largest absolute Gasteiger partial charge is 0.477 e. The zero-order valence-corrected chi connectivity index (χ0v) is 10.6. The number of pyridine rings is 1. The van der Waals surface area contributed by atoms with Crippen LogP contribution in [0.5, 0.6) is 0 Å². The average molecular weight is 262 g/mol. The molecular weight excluding hydrogens is 248 g/mol. The zero-order valence-electron chi connectivity index (χ0n) is 10.6. The van der Waals surface area contributed by atoms with E-state index < -0.39 is 11.4 Å². The van der Waals surface area contributed by atoms with Gasteiger partial charge in [-0.25, -0.2) is 14.5 Å². The second-order valence-corrected chi connectivity index (χ2v) is 4.41. The summed E-state index contributed by atoms with van der Waals surface area (Å²) in [6, 6.07) is 1.40. The van der Waals surface area contributed by atoms with Gasteiger partial charge in [0.2, 0.25) is 0 Å². The third-order valence-electron chi connectivity index (χ3n) is 2.67. The quantitative estimate of drug-likeness (QED) is 0.878. The highest BCUT2D eigenvalue weighted by Gasteiger charge is 2.11. The van der Waals surface area contributed by atoms with Gasteiger partial charge in [-0.05, 0) is 13.8 Å². The van der Waals surface area contributed by atoms with Crippen LogP contribution in [0, 0.1) is 0 Å². The second kappa shape index (κ2) is 5.05. The number of carboxylic acids is 1. The molecule has 7 heteroatoms. The standard InChI is InChI=1S/C12H14N4O3/c1-8(2)16-11(13-7-14-16)6-15-4-3-10(17)9(5-15)12(18)19/h3-5,7-8H,6H2,1-2H3,(H,18,19). The molecule has 0 spiro atoms. The fraction of sp³-hybridized carbons (Fsp3) is 0.333. The van der Waals surface area contributed by atoms with Crippen molar-refractivity contribution in [2.24, 2.45) is 0 Å². The lowest BCUT2D eigenvalue weighted by atomic mass is 10.3. The molecule has 19 heavy (non-hydrogen) atoms. The number of carboxylic acid groups (broad SMARTS) is 1. The van der Waals surface area contributed by atoms with E-state index in [9.17, 15) is 9.59 Å². The Morgan fingerprint density at radius 2 is 2.21 bits per heavy atom. The van der Waals surface area contributed by atoms with Crippen molar-refractivity contribution in [3.63, 3.8) is 0 Å². The summed E-state index contributed by atoms with van der Waals surface area (Å²) >= 11 is 0. The topological polar surface area (TPSA) is 90.0 Å². The van der Waals surface area contributed by atoms with Gasteiger partial charge in [-0.15, -0.1) is 0 Å². The summed E-state index contributed by atoms with van der Waals surface area (Å²) in [6.45, 7) is 4.32. The van der Waals surface area contributed by atoms with E-state index >= 15 is 0 Å². The number of aromatic carboxylic acids is 1. The number of aromatic nitrogens is 4. The number of rotatable bonds is 4. The highest BCUT2D eigenvalue weighted by atomic mass is 16.4. The van der Waals surface area contributed by atoms with Crippen LogP contribution < -0.4 is 5.43 Å². The highest BCUT2D eigenvalue weighted by Crippen LogP contribution is 2.07. The van der Waals surface area contributed by atoms with Crippen molar-refractivity contribution >= 4 is 5.97 Å². The van der Waals surface area contributed by atoms with Crippen molar-refractivity contribution in [3.8, 4) is 0 Å². The molecule has 0 atom stereocenters. The lowest BCUT2D eigenvalue weighted by molar-refractivity contribution is 0.0694. The molecule has 0 aliphatic heterocycles. The van der Waals surface area contributed by atoms with E-state index in [1.807, 2.05) is 13.8 Å². The van der Waals surface area contributed by atoms with Crippen LogP contribution in [0.15, 0.2) is 29.6 Å². The van der Waals surface area contributed by atoms with Crippen molar-refractivity contribution in [2.45, 2.75) is 26.4 Å². The Balaban J connectivity index is 2.34. The number of carbonyl (C=O) groups is 1. The van der Waals surface area contributed by atoms with Crippen LogP contribution in [-0.4, -0.2) is 30.4 Å². The fourth-order valence-electron chi connectivity index (χ4n) is 1.77. The molecule has 0 saturated heterocycles. The Labute approximate surface area is 109 Å². The first-order chi connectivity index (χ1) is 8.99. The van der Waals surface area contributed by atoms with Gasteiger partial charge in [0, 0.05) is 24.5 Å².